The molecular weight excluding hydrogens is 340 g/mol. The summed E-state index contributed by atoms with van der Waals surface area (Å²) in [4.78, 5) is 0. The van der Waals surface area contributed by atoms with Crippen LogP contribution in [0.1, 0.15) is 17.2 Å². The summed E-state index contributed by atoms with van der Waals surface area (Å²) >= 11 is 3.15. The lowest BCUT2D eigenvalue weighted by atomic mass is 10.0. The van der Waals surface area contributed by atoms with Crippen molar-refractivity contribution < 1.29 is 22.7 Å². The summed E-state index contributed by atoms with van der Waals surface area (Å²) in [6.45, 7) is 0. The molecule has 1 nitrogen and oxygen atoms in total. The Balaban J connectivity index is 2.33. The molecule has 0 aromatic heterocycles. The number of rotatable bonds is 3. The minimum atomic E-state index is -1.55. The zero-order valence-corrected chi connectivity index (χ0v) is 11.6. The number of hydrogen-bond donors (Lipinski definition) is 1. The lowest BCUT2D eigenvalue weighted by Crippen LogP contribution is -2.08. The Morgan fingerprint density at radius 1 is 0.950 bits per heavy atom. The van der Waals surface area contributed by atoms with E-state index in [0.29, 0.717) is 22.2 Å². The maximum absolute atomic E-state index is 13.5. The van der Waals surface area contributed by atoms with E-state index in [9.17, 15) is 22.7 Å². The standard InChI is InChI=1S/C14H9BrF4O/c15-10-2-1-8(16)3-7(10)4-13(20)14-11(18)5-9(17)6-12(14)19/h1-3,5-6,13,20H,4H2. The second-order valence-electron chi connectivity index (χ2n) is 4.24. The first kappa shape index (κ1) is 15.0. The minimum Gasteiger partial charge on any atom is -0.388 e. The third-order valence-corrected chi connectivity index (χ3v) is 3.57. The Morgan fingerprint density at radius 3 is 2.15 bits per heavy atom. The Bertz CT molecular complexity index is 622. The molecule has 0 amide bonds. The number of halogens is 5. The van der Waals surface area contributed by atoms with Gasteiger partial charge in [-0.1, -0.05) is 15.9 Å². The zero-order valence-electron chi connectivity index (χ0n) is 10.0. The quantitative estimate of drug-likeness (QED) is 0.820. The molecule has 0 bridgehead atoms. The summed E-state index contributed by atoms with van der Waals surface area (Å²) in [5, 5.41) is 9.90. The molecule has 0 fully saturated rings. The van der Waals surface area contributed by atoms with Gasteiger partial charge in [0.1, 0.15) is 23.3 Å². The van der Waals surface area contributed by atoms with E-state index in [0.717, 1.165) is 6.07 Å². The van der Waals surface area contributed by atoms with Gasteiger partial charge in [-0.3, -0.25) is 0 Å². The largest absolute Gasteiger partial charge is 0.388 e. The van der Waals surface area contributed by atoms with Crippen LogP contribution in [0.4, 0.5) is 17.6 Å². The molecule has 0 aliphatic rings. The molecule has 1 N–H and O–H groups in total. The highest BCUT2D eigenvalue weighted by atomic mass is 79.9. The lowest BCUT2D eigenvalue weighted by Gasteiger charge is -2.14. The van der Waals surface area contributed by atoms with Gasteiger partial charge < -0.3 is 5.11 Å². The van der Waals surface area contributed by atoms with Crippen molar-refractivity contribution >= 4 is 15.9 Å². The Morgan fingerprint density at radius 2 is 1.55 bits per heavy atom. The van der Waals surface area contributed by atoms with Crippen LogP contribution in [0.15, 0.2) is 34.8 Å². The molecule has 0 aliphatic heterocycles. The minimum absolute atomic E-state index is 0.211. The number of aliphatic hydroxyl groups is 1. The van der Waals surface area contributed by atoms with Gasteiger partial charge in [-0.15, -0.1) is 0 Å². The molecule has 1 unspecified atom stereocenters. The molecule has 0 saturated carbocycles. The Labute approximate surface area is 121 Å². The predicted molar refractivity (Wildman–Crippen MR) is 69.1 cm³/mol. The average molecular weight is 349 g/mol. The van der Waals surface area contributed by atoms with E-state index in [1.54, 1.807) is 0 Å². The van der Waals surface area contributed by atoms with Crippen LogP contribution < -0.4 is 0 Å². The average Bonchev–Trinajstić information content (AvgIpc) is 2.32. The molecule has 0 spiro atoms. The molecule has 0 saturated heterocycles. The molecule has 106 valence electrons. The monoisotopic (exact) mass is 348 g/mol. The van der Waals surface area contributed by atoms with E-state index in [-0.39, 0.29) is 6.42 Å². The highest BCUT2D eigenvalue weighted by Gasteiger charge is 2.20. The van der Waals surface area contributed by atoms with Crippen LogP contribution in [0.25, 0.3) is 0 Å². The van der Waals surface area contributed by atoms with Crippen LogP contribution in [0, 0.1) is 23.3 Å². The highest BCUT2D eigenvalue weighted by Crippen LogP contribution is 2.28. The van der Waals surface area contributed by atoms with Crippen molar-refractivity contribution in [1.82, 2.24) is 0 Å². The highest BCUT2D eigenvalue weighted by molar-refractivity contribution is 9.10. The van der Waals surface area contributed by atoms with Crippen molar-refractivity contribution in [3.05, 3.63) is 69.2 Å². The van der Waals surface area contributed by atoms with Crippen molar-refractivity contribution in [2.75, 3.05) is 0 Å². The third kappa shape index (κ3) is 3.19. The van der Waals surface area contributed by atoms with Gasteiger partial charge in [0, 0.05) is 23.0 Å². The maximum atomic E-state index is 13.5. The molecule has 2 rings (SSSR count). The summed E-state index contributed by atoms with van der Waals surface area (Å²) in [7, 11) is 0. The molecule has 1 atom stereocenters. The van der Waals surface area contributed by atoms with Crippen LogP contribution >= 0.6 is 15.9 Å². The molecule has 6 heteroatoms. The van der Waals surface area contributed by atoms with E-state index in [1.165, 1.54) is 12.1 Å². The van der Waals surface area contributed by atoms with Gasteiger partial charge in [0.05, 0.1) is 11.7 Å². The summed E-state index contributed by atoms with van der Waals surface area (Å²) in [6, 6.07) is 4.75. The maximum Gasteiger partial charge on any atom is 0.134 e. The van der Waals surface area contributed by atoms with Gasteiger partial charge in [0.2, 0.25) is 0 Å². The van der Waals surface area contributed by atoms with Gasteiger partial charge in [-0.2, -0.15) is 0 Å². The molecule has 2 aromatic carbocycles. The summed E-state index contributed by atoms with van der Waals surface area (Å²) in [5.74, 6) is -3.96. The second kappa shape index (κ2) is 5.93. The number of aliphatic hydroxyl groups excluding tert-OH is 1. The van der Waals surface area contributed by atoms with Gasteiger partial charge >= 0.3 is 0 Å². The van der Waals surface area contributed by atoms with Crippen LogP contribution in [0.3, 0.4) is 0 Å². The fourth-order valence-electron chi connectivity index (χ4n) is 1.88. The SMILES string of the molecule is OC(Cc1cc(F)ccc1Br)c1c(F)cc(F)cc1F. The predicted octanol–water partition coefficient (Wildman–Crippen LogP) is 4.28. The molecule has 20 heavy (non-hydrogen) atoms. The summed E-state index contributed by atoms with van der Waals surface area (Å²) in [6.07, 6.45) is -1.76. The first-order chi connectivity index (χ1) is 9.38. The van der Waals surface area contributed by atoms with Crippen LogP contribution in [0.5, 0.6) is 0 Å². The van der Waals surface area contributed by atoms with Crippen molar-refractivity contribution in [1.29, 1.82) is 0 Å². The van der Waals surface area contributed by atoms with Crippen molar-refractivity contribution in [2.45, 2.75) is 12.5 Å². The fourth-order valence-corrected chi connectivity index (χ4v) is 2.29. The van der Waals surface area contributed by atoms with E-state index in [2.05, 4.69) is 15.9 Å². The zero-order chi connectivity index (χ0) is 14.9. The normalized spacial score (nSPS) is 12.5. The van der Waals surface area contributed by atoms with Crippen molar-refractivity contribution in [2.24, 2.45) is 0 Å². The Hall–Kier alpha value is -1.40. The smallest absolute Gasteiger partial charge is 0.134 e. The molecule has 0 aliphatic carbocycles. The van der Waals surface area contributed by atoms with Crippen LogP contribution in [-0.2, 0) is 6.42 Å². The van der Waals surface area contributed by atoms with Gasteiger partial charge in [-0.05, 0) is 23.8 Å². The molecule has 0 heterocycles. The Kier molecular flexibility index (Phi) is 4.45. The molecule has 2 aromatic rings. The lowest BCUT2D eigenvalue weighted by molar-refractivity contribution is 0.168. The van der Waals surface area contributed by atoms with E-state index in [4.69, 9.17) is 0 Å². The molecular formula is C14H9BrF4O. The first-order valence-electron chi connectivity index (χ1n) is 5.65. The third-order valence-electron chi connectivity index (χ3n) is 2.80. The van der Waals surface area contributed by atoms with Crippen LogP contribution in [-0.4, -0.2) is 5.11 Å². The summed E-state index contributed by atoms with van der Waals surface area (Å²) < 4.78 is 53.4. The topological polar surface area (TPSA) is 20.2 Å². The van der Waals surface area contributed by atoms with Crippen LogP contribution in [0.2, 0.25) is 0 Å². The van der Waals surface area contributed by atoms with Gasteiger partial charge in [0.25, 0.3) is 0 Å². The van der Waals surface area contributed by atoms with Crippen molar-refractivity contribution in [3.8, 4) is 0 Å². The number of hydrogen-bond acceptors (Lipinski definition) is 1. The summed E-state index contributed by atoms with van der Waals surface area (Å²) in [5.41, 5.74) is -0.289. The van der Waals surface area contributed by atoms with Gasteiger partial charge in [-0.25, -0.2) is 17.6 Å². The second-order valence-corrected chi connectivity index (χ2v) is 5.09. The van der Waals surface area contributed by atoms with Gasteiger partial charge in [0.15, 0.2) is 0 Å². The van der Waals surface area contributed by atoms with E-state index >= 15 is 0 Å². The van der Waals surface area contributed by atoms with E-state index in [1.807, 2.05) is 0 Å². The van der Waals surface area contributed by atoms with Crippen molar-refractivity contribution in [3.63, 3.8) is 0 Å². The molecule has 0 radical (unpaired) electrons. The first-order valence-corrected chi connectivity index (χ1v) is 6.44. The number of benzene rings is 2. The fraction of sp³-hybridized carbons (Fsp3) is 0.143. The van der Waals surface area contributed by atoms with E-state index < -0.39 is 34.9 Å².